The van der Waals surface area contributed by atoms with Crippen LogP contribution < -0.4 is 0 Å². The number of imidazole rings is 1. The average Bonchev–Trinajstić information content (AvgIpc) is 3.21. The Morgan fingerprint density at radius 2 is 1.95 bits per heavy atom. The van der Waals surface area contributed by atoms with Crippen LogP contribution >= 0.6 is 0 Å². The molecule has 2 atom stereocenters. The van der Waals surface area contributed by atoms with Crippen LogP contribution in [-0.4, -0.2) is 33.4 Å². The number of rotatable bonds is 2. The van der Waals surface area contributed by atoms with E-state index in [-0.39, 0.29) is 5.92 Å². The summed E-state index contributed by atoms with van der Waals surface area (Å²) in [7, 11) is 0. The lowest BCUT2D eigenvalue weighted by Gasteiger charge is -2.20. The van der Waals surface area contributed by atoms with E-state index < -0.39 is 0 Å². The van der Waals surface area contributed by atoms with Crippen LogP contribution in [0, 0.1) is 11.8 Å². The lowest BCUT2D eigenvalue weighted by atomic mass is 10.2. The molecule has 1 aliphatic heterocycles. The first-order valence-corrected chi connectivity index (χ1v) is 8.12. The van der Waals surface area contributed by atoms with E-state index in [1.165, 1.54) is 5.56 Å². The maximum Gasteiger partial charge on any atom is 0.226 e. The molecule has 22 heavy (non-hydrogen) atoms. The first-order valence-electron chi connectivity index (χ1n) is 8.12. The number of carbonyl (C=O) groups is 1. The van der Waals surface area contributed by atoms with E-state index >= 15 is 0 Å². The zero-order valence-corrected chi connectivity index (χ0v) is 12.9. The molecule has 1 fully saturated rings. The summed E-state index contributed by atoms with van der Waals surface area (Å²) in [5.74, 6) is 2.30. The minimum atomic E-state index is 0.277. The van der Waals surface area contributed by atoms with Gasteiger partial charge in [0.1, 0.15) is 5.82 Å². The van der Waals surface area contributed by atoms with Crippen molar-refractivity contribution in [1.29, 1.82) is 0 Å². The third kappa shape index (κ3) is 2.32. The molecule has 0 saturated heterocycles. The van der Waals surface area contributed by atoms with Crippen LogP contribution in [0.3, 0.4) is 0 Å². The van der Waals surface area contributed by atoms with E-state index in [0.717, 1.165) is 44.0 Å². The maximum absolute atomic E-state index is 12.4. The highest BCUT2D eigenvalue weighted by Crippen LogP contribution is 2.39. The highest BCUT2D eigenvalue weighted by Gasteiger charge is 2.41. The van der Waals surface area contributed by atoms with E-state index in [4.69, 9.17) is 0 Å². The van der Waals surface area contributed by atoms with Crippen LogP contribution in [0.2, 0.25) is 0 Å². The van der Waals surface area contributed by atoms with Crippen molar-refractivity contribution in [3.8, 4) is 11.3 Å². The number of nitrogens with zero attached hydrogens (tertiary/aromatic N) is 3. The first kappa shape index (κ1) is 13.6. The Bertz CT molecular complexity index is 692. The predicted molar refractivity (Wildman–Crippen MR) is 85.2 cm³/mol. The Labute approximate surface area is 130 Å². The summed E-state index contributed by atoms with van der Waals surface area (Å²) in [5, 5.41) is 0. The molecular weight excluding hydrogens is 274 g/mol. The van der Waals surface area contributed by atoms with Crippen LogP contribution in [0.1, 0.15) is 19.2 Å². The SMILES string of the molecule is C[C@H]1C[C@H]1C(=O)N1CCc2ncc(-c3ccccc3)n2CC1. The summed E-state index contributed by atoms with van der Waals surface area (Å²) in [4.78, 5) is 19.1. The average molecular weight is 295 g/mol. The largest absolute Gasteiger partial charge is 0.340 e. The van der Waals surface area contributed by atoms with Crippen LogP contribution in [0.25, 0.3) is 11.3 Å². The van der Waals surface area contributed by atoms with E-state index in [1.54, 1.807) is 0 Å². The van der Waals surface area contributed by atoms with Crippen LogP contribution in [-0.2, 0) is 17.8 Å². The molecule has 4 rings (SSSR count). The second kappa shape index (κ2) is 5.27. The van der Waals surface area contributed by atoms with Gasteiger partial charge in [-0.1, -0.05) is 37.3 Å². The summed E-state index contributed by atoms with van der Waals surface area (Å²) in [6, 6.07) is 10.4. The van der Waals surface area contributed by atoms with Gasteiger partial charge >= 0.3 is 0 Å². The van der Waals surface area contributed by atoms with Gasteiger partial charge in [-0.15, -0.1) is 0 Å². The van der Waals surface area contributed by atoms with E-state index in [0.29, 0.717) is 11.8 Å². The van der Waals surface area contributed by atoms with Gasteiger partial charge in [-0.2, -0.15) is 0 Å². The third-order valence-corrected chi connectivity index (χ3v) is 4.94. The molecule has 114 valence electrons. The standard InChI is InChI=1S/C18H21N3O/c1-13-11-15(13)18(22)20-8-7-17-19-12-16(21(17)10-9-20)14-5-3-2-4-6-14/h2-6,12-13,15H,7-11H2,1H3/t13-,15+/m0/s1. The van der Waals surface area contributed by atoms with Gasteiger partial charge in [-0.25, -0.2) is 4.98 Å². The summed E-state index contributed by atoms with van der Waals surface area (Å²) in [6.07, 6.45) is 3.87. The molecule has 0 radical (unpaired) electrons. The second-order valence-electron chi connectivity index (χ2n) is 6.47. The molecule has 1 aromatic heterocycles. The van der Waals surface area contributed by atoms with Crippen molar-refractivity contribution in [2.24, 2.45) is 11.8 Å². The normalized spacial score (nSPS) is 23.8. The molecule has 1 aliphatic carbocycles. The first-order chi connectivity index (χ1) is 10.7. The van der Waals surface area contributed by atoms with Crippen molar-refractivity contribution in [3.63, 3.8) is 0 Å². The predicted octanol–water partition coefficient (Wildman–Crippen LogP) is 2.59. The van der Waals surface area contributed by atoms with Crippen molar-refractivity contribution in [3.05, 3.63) is 42.4 Å². The minimum Gasteiger partial charge on any atom is -0.340 e. The number of benzene rings is 1. The van der Waals surface area contributed by atoms with Gasteiger partial charge in [-0.05, 0) is 17.9 Å². The lowest BCUT2D eigenvalue weighted by Crippen LogP contribution is -2.35. The van der Waals surface area contributed by atoms with Gasteiger partial charge in [0.05, 0.1) is 11.9 Å². The molecule has 1 amide bonds. The second-order valence-corrected chi connectivity index (χ2v) is 6.47. The van der Waals surface area contributed by atoms with Crippen molar-refractivity contribution >= 4 is 5.91 Å². The zero-order valence-electron chi connectivity index (χ0n) is 12.9. The molecule has 1 aromatic carbocycles. The van der Waals surface area contributed by atoms with E-state index in [2.05, 4.69) is 40.7 Å². The fourth-order valence-corrected chi connectivity index (χ4v) is 3.39. The van der Waals surface area contributed by atoms with Crippen molar-refractivity contribution < 1.29 is 4.79 Å². The fraction of sp³-hybridized carbons (Fsp3) is 0.444. The Morgan fingerprint density at radius 1 is 1.18 bits per heavy atom. The van der Waals surface area contributed by atoms with Gasteiger partial charge in [0.25, 0.3) is 0 Å². The quantitative estimate of drug-likeness (QED) is 0.854. The Morgan fingerprint density at radius 3 is 2.68 bits per heavy atom. The molecule has 0 unspecified atom stereocenters. The van der Waals surface area contributed by atoms with Gasteiger partial charge in [0.15, 0.2) is 0 Å². The lowest BCUT2D eigenvalue weighted by molar-refractivity contribution is -0.132. The monoisotopic (exact) mass is 295 g/mol. The Balaban J connectivity index is 1.55. The molecule has 2 aromatic rings. The smallest absolute Gasteiger partial charge is 0.226 e. The molecule has 2 heterocycles. The highest BCUT2D eigenvalue weighted by molar-refractivity contribution is 5.81. The molecule has 4 nitrogen and oxygen atoms in total. The molecule has 0 spiro atoms. The molecule has 4 heteroatoms. The summed E-state index contributed by atoms with van der Waals surface area (Å²) >= 11 is 0. The van der Waals surface area contributed by atoms with Crippen molar-refractivity contribution in [2.45, 2.75) is 26.3 Å². The number of hydrogen-bond acceptors (Lipinski definition) is 2. The summed E-state index contributed by atoms with van der Waals surface area (Å²) < 4.78 is 2.28. The van der Waals surface area contributed by atoms with Crippen LogP contribution in [0.4, 0.5) is 0 Å². The van der Waals surface area contributed by atoms with Gasteiger partial charge < -0.3 is 9.47 Å². The van der Waals surface area contributed by atoms with Gasteiger partial charge in [-0.3, -0.25) is 4.79 Å². The Kier molecular flexibility index (Phi) is 3.25. The zero-order chi connectivity index (χ0) is 15.1. The fourth-order valence-electron chi connectivity index (χ4n) is 3.39. The third-order valence-electron chi connectivity index (χ3n) is 4.94. The minimum absolute atomic E-state index is 0.277. The Hall–Kier alpha value is -2.10. The van der Waals surface area contributed by atoms with E-state index in [9.17, 15) is 4.79 Å². The summed E-state index contributed by atoms with van der Waals surface area (Å²) in [6.45, 7) is 4.60. The molecular formula is C18H21N3O. The van der Waals surface area contributed by atoms with Crippen molar-refractivity contribution in [1.82, 2.24) is 14.5 Å². The number of fused-ring (bicyclic) bond motifs is 1. The van der Waals surface area contributed by atoms with Crippen LogP contribution in [0.5, 0.6) is 0 Å². The topological polar surface area (TPSA) is 38.1 Å². The van der Waals surface area contributed by atoms with Crippen LogP contribution in [0.15, 0.2) is 36.5 Å². The van der Waals surface area contributed by atoms with Crippen molar-refractivity contribution in [2.75, 3.05) is 13.1 Å². The molecule has 0 bridgehead atoms. The molecule has 1 saturated carbocycles. The van der Waals surface area contributed by atoms with Gasteiger partial charge in [0.2, 0.25) is 5.91 Å². The van der Waals surface area contributed by atoms with Gasteiger partial charge in [0, 0.05) is 32.0 Å². The highest BCUT2D eigenvalue weighted by atomic mass is 16.2. The number of aromatic nitrogens is 2. The molecule has 2 aliphatic rings. The number of carbonyl (C=O) groups excluding carboxylic acids is 1. The number of amides is 1. The molecule has 0 N–H and O–H groups in total. The summed E-state index contributed by atoms with van der Waals surface area (Å²) in [5.41, 5.74) is 2.35. The van der Waals surface area contributed by atoms with E-state index in [1.807, 2.05) is 17.2 Å². The maximum atomic E-state index is 12.4. The number of hydrogen-bond donors (Lipinski definition) is 0.